The van der Waals surface area contributed by atoms with Gasteiger partial charge in [0.1, 0.15) is 0 Å². The summed E-state index contributed by atoms with van der Waals surface area (Å²) in [4.78, 5) is 0. The molecule has 0 aliphatic heterocycles. The lowest BCUT2D eigenvalue weighted by Gasteiger charge is -2.41. The van der Waals surface area contributed by atoms with Gasteiger partial charge in [-0.25, -0.2) is 0 Å². The average Bonchev–Trinajstić information content (AvgIpc) is 1.94. The predicted molar refractivity (Wildman–Crippen MR) is 51.9 cm³/mol. The van der Waals surface area contributed by atoms with Crippen molar-refractivity contribution in [3.8, 4) is 0 Å². The Hall–Kier alpha value is -0.300. The average molecular weight is 168 g/mol. The van der Waals surface area contributed by atoms with Gasteiger partial charge in [0.2, 0.25) is 0 Å². The van der Waals surface area contributed by atoms with Crippen LogP contribution in [0.1, 0.15) is 40.0 Å². The summed E-state index contributed by atoms with van der Waals surface area (Å²) in [5.41, 5.74) is 1.22. The number of hydrogen-bond acceptors (Lipinski definition) is 1. The molecule has 0 spiro atoms. The van der Waals surface area contributed by atoms with Gasteiger partial charge < -0.3 is 5.11 Å². The molecule has 12 heavy (non-hydrogen) atoms. The van der Waals surface area contributed by atoms with E-state index >= 15 is 0 Å². The van der Waals surface area contributed by atoms with Gasteiger partial charge in [-0.05, 0) is 25.2 Å². The molecule has 0 aromatic heterocycles. The van der Waals surface area contributed by atoms with E-state index < -0.39 is 0 Å². The highest BCUT2D eigenvalue weighted by atomic mass is 16.3. The van der Waals surface area contributed by atoms with E-state index in [0.29, 0.717) is 5.92 Å². The van der Waals surface area contributed by atoms with Crippen LogP contribution < -0.4 is 0 Å². The van der Waals surface area contributed by atoms with Gasteiger partial charge in [0.05, 0.1) is 6.10 Å². The molecule has 0 heterocycles. The molecule has 70 valence electrons. The highest BCUT2D eigenvalue weighted by Crippen LogP contribution is 2.41. The van der Waals surface area contributed by atoms with Crippen LogP contribution in [0.25, 0.3) is 0 Å². The fraction of sp³-hybridized carbons (Fsp3) is 0.818. The van der Waals surface area contributed by atoms with Gasteiger partial charge in [0.15, 0.2) is 0 Å². The summed E-state index contributed by atoms with van der Waals surface area (Å²) in [5.74, 6) is 0.328. The Bertz CT molecular complexity index is 181. The van der Waals surface area contributed by atoms with Crippen LogP contribution in [-0.2, 0) is 0 Å². The molecule has 0 saturated heterocycles. The molecule has 1 saturated carbocycles. The minimum atomic E-state index is -0.191. The zero-order chi connectivity index (χ0) is 9.35. The largest absolute Gasteiger partial charge is 0.392 e. The van der Waals surface area contributed by atoms with Crippen LogP contribution in [0.3, 0.4) is 0 Å². The Kier molecular flexibility index (Phi) is 2.62. The lowest BCUT2D eigenvalue weighted by molar-refractivity contribution is -0.0191. The van der Waals surface area contributed by atoms with E-state index in [9.17, 15) is 5.11 Å². The van der Waals surface area contributed by atoms with Crippen molar-refractivity contribution in [3.63, 3.8) is 0 Å². The van der Waals surface area contributed by atoms with Gasteiger partial charge >= 0.3 is 0 Å². The summed E-state index contributed by atoms with van der Waals surface area (Å²) in [5, 5.41) is 10.0. The number of hydrogen-bond donors (Lipinski definition) is 1. The second kappa shape index (κ2) is 3.21. The lowest BCUT2D eigenvalue weighted by Crippen LogP contribution is -2.40. The maximum absolute atomic E-state index is 10.0. The third-order valence-electron chi connectivity index (χ3n) is 3.15. The molecule has 1 aliphatic rings. The highest BCUT2D eigenvalue weighted by molar-refractivity contribution is 5.04. The van der Waals surface area contributed by atoms with Crippen LogP contribution in [0, 0.1) is 11.3 Å². The quantitative estimate of drug-likeness (QED) is 0.597. The van der Waals surface area contributed by atoms with Gasteiger partial charge in [-0.3, -0.25) is 0 Å². The molecular formula is C11H20O. The molecule has 0 bridgehead atoms. The summed E-state index contributed by atoms with van der Waals surface area (Å²) < 4.78 is 0. The minimum Gasteiger partial charge on any atom is -0.392 e. The number of aliphatic hydroxyl groups excluding tert-OH is 1. The standard InChI is InChI=1S/C11H20O/c1-8(2)9-6-5-7-11(3,4)10(9)12/h9-10,12H,1,5-7H2,2-4H3. The Labute approximate surface area is 75.5 Å². The Morgan fingerprint density at radius 2 is 2.08 bits per heavy atom. The predicted octanol–water partition coefficient (Wildman–Crippen LogP) is 2.75. The second-order valence-corrected chi connectivity index (χ2v) is 4.78. The fourth-order valence-electron chi connectivity index (χ4n) is 2.14. The summed E-state index contributed by atoms with van der Waals surface area (Å²) in [7, 11) is 0. The molecule has 1 rings (SSSR count). The normalized spacial score (nSPS) is 34.7. The Morgan fingerprint density at radius 3 is 2.50 bits per heavy atom. The zero-order valence-electron chi connectivity index (χ0n) is 8.43. The third-order valence-corrected chi connectivity index (χ3v) is 3.15. The van der Waals surface area contributed by atoms with E-state index in [4.69, 9.17) is 0 Å². The summed E-state index contributed by atoms with van der Waals surface area (Å²) in [6.07, 6.45) is 3.28. The summed E-state index contributed by atoms with van der Waals surface area (Å²) in [6.45, 7) is 10.2. The van der Waals surface area contributed by atoms with E-state index in [0.717, 1.165) is 18.4 Å². The van der Waals surface area contributed by atoms with Crippen molar-refractivity contribution in [1.29, 1.82) is 0 Å². The van der Waals surface area contributed by atoms with Crippen LogP contribution in [-0.4, -0.2) is 11.2 Å². The monoisotopic (exact) mass is 168 g/mol. The molecule has 2 atom stereocenters. The van der Waals surface area contributed by atoms with Gasteiger partial charge in [-0.2, -0.15) is 0 Å². The molecule has 1 heteroatoms. The second-order valence-electron chi connectivity index (χ2n) is 4.78. The van der Waals surface area contributed by atoms with E-state index in [2.05, 4.69) is 20.4 Å². The smallest absolute Gasteiger partial charge is 0.0656 e. The topological polar surface area (TPSA) is 20.2 Å². The van der Waals surface area contributed by atoms with Crippen LogP contribution in [0.2, 0.25) is 0 Å². The van der Waals surface area contributed by atoms with Crippen molar-refractivity contribution in [3.05, 3.63) is 12.2 Å². The van der Waals surface area contributed by atoms with E-state index in [1.165, 1.54) is 6.42 Å². The summed E-state index contributed by atoms with van der Waals surface area (Å²) in [6, 6.07) is 0. The molecular weight excluding hydrogens is 148 g/mol. The van der Waals surface area contributed by atoms with Crippen molar-refractivity contribution in [2.45, 2.75) is 46.1 Å². The Morgan fingerprint density at radius 1 is 1.50 bits per heavy atom. The maximum Gasteiger partial charge on any atom is 0.0656 e. The van der Waals surface area contributed by atoms with Crippen LogP contribution in [0.4, 0.5) is 0 Å². The first-order valence-electron chi connectivity index (χ1n) is 4.78. The first-order valence-corrected chi connectivity index (χ1v) is 4.78. The third kappa shape index (κ3) is 1.71. The van der Waals surface area contributed by atoms with Gasteiger partial charge in [-0.1, -0.05) is 32.4 Å². The number of aliphatic hydroxyl groups is 1. The van der Waals surface area contributed by atoms with Gasteiger partial charge in [0.25, 0.3) is 0 Å². The van der Waals surface area contributed by atoms with Gasteiger partial charge in [0, 0.05) is 5.92 Å². The van der Waals surface area contributed by atoms with Crippen molar-refractivity contribution < 1.29 is 5.11 Å². The maximum atomic E-state index is 10.0. The first-order chi connectivity index (χ1) is 5.45. The molecule has 2 unspecified atom stereocenters. The molecule has 1 nitrogen and oxygen atoms in total. The first kappa shape index (κ1) is 9.79. The van der Waals surface area contributed by atoms with Crippen LogP contribution in [0.5, 0.6) is 0 Å². The van der Waals surface area contributed by atoms with E-state index in [1.54, 1.807) is 0 Å². The molecule has 0 aromatic rings. The lowest BCUT2D eigenvalue weighted by atomic mass is 9.68. The highest BCUT2D eigenvalue weighted by Gasteiger charge is 2.37. The molecule has 0 radical (unpaired) electrons. The molecule has 0 amide bonds. The van der Waals surface area contributed by atoms with Crippen molar-refractivity contribution in [2.24, 2.45) is 11.3 Å². The molecule has 1 fully saturated rings. The SMILES string of the molecule is C=C(C)C1CCCC(C)(C)C1O. The van der Waals surface area contributed by atoms with E-state index in [1.807, 2.05) is 6.92 Å². The number of rotatable bonds is 1. The molecule has 0 aromatic carbocycles. The van der Waals surface area contributed by atoms with Gasteiger partial charge in [-0.15, -0.1) is 0 Å². The molecule has 1 N–H and O–H groups in total. The van der Waals surface area contributed by atoms with Crippen molar-refractivity contribution in [1.82, 2.24) is 0 Å². The summed E-state index contributed by atoms with van der Waals surface area (Å²) >= 11 is 0. The minimum absolute atomic E-state index is 0.0852. The van der Waals surface area contributed by atoms with Crippen LogP contribution >= 0.6 is 0 Å². The zero-order valence-corrected chi connectivity index (χ0v) is 8.43. The van der Waals surface area contributed by atoms with Crippen molar-refractivity contribution in [2.75, 3.05) is 0 Å². The Balaban J connectivity index is 2.73. The molecule has 1 aliphatic carbocycles. The fourth-order valence-corrected chi connectivity index (χ4v) is 2.14. The van der Waals surface area contributed by atoms with Crippen molar-refractivity contribution >= 4 is 0 Å². The van der Waals surface area contributed by atoms with E-state index in [-0.39, 0.29) is 11.5 Å². The van der Waals surface area contributed by atoms with Crippen LogP contribution in [0.15, 0.2) is 12.2 Å².